The van der Waals surface area contributed by atoms with E-state index in [9.17, 15) is 14.0 Å². The summed E-state index contributed by atoms with van der Waals surface area (Å²) < 4.78 is 18.9. The highest BCUT2D eigenvalue weighted by Crippen LogP contribution is 2.25. The average molecular weight is 435 g/mol. The quantitative estimate of drug-likeness (QED) is 0.756. The molecule has 2 aromatic rings. The lowest BCUT2D eigenvalue weighted by molar-refractivity contribution is -0.123. The number of hydrogen-bond acceptors (Lipinski definition) is 3. The molecule has 0 atom stereocenters. The summed E-state index contributed by atoms with van der Waals surface area (Å²) in [5.41, 5.74) is 1.48. The standard InChI is InChI=1S/C20H20BrFN2O3/c21-17-11-16(22)6-7-18(17)27-13-19(25)23-12-14-4-3-5-15(10-14)20(26)24-8-1-2-9-24/h3-7,10-11H,1-2,8-9,12-13H2,(H,23,25). The normalized spacial score (nSPS) is 13.5. The van der Waals surface area contributed by atoms with E-state index in [2.05, 4.69) is 21.2 Å². The lowest BCUT2D eigenvalue weighted by Gasteiger charge is -2.15. The van der Waals surface area contributed by atoms with Gasteiger partial charge in [-0.3, -0.25) is 9.59 Å². The highest BCUT2D eigenvalue weighted by molar-refractivity contribution is 9.10. The summed E-state index contributed by atoms with van der Waals surface area (Å²) in [6.45, 7) is 1.72. The summed E-state index contributed by atoms with van der Waals surface area (Å²) in [7, 11) is 0. The minimum atomic E-state index is -0.387. The number of nitrogens with one attached hydrogen (secondary N) is 1. The molecule has 1 aliphatic rings. The van der Waals surface area contributed by atoms with Gasteiger partial charge in [-0.2, -0.15) is 0 Å². The fourth-order valence-electron chi connectivity index (χ4n) is 2.90. The Bertz CT molecular complexity index is 838. The van der Waals surface area contributed by atoms with Gasteiger partial charge in [-0.25, -0.2) is 4.39 Å². The van der Waals surface area contributed by atoms with Gasteiger partial charge in [0.2, 0.25) is 0 Å². The van der Waals surface area contributed by atoms with Crippen molar-refractivity contribution < 1.29 is 18.7 Å². The zero-order valence-corrected chi connectivity index (χ0v) is 16.3. The molecular formula is C20H20BrFN2O3. The summed E-state index contributed by atoms with van der Waals surface area (Å²) >= 11 is 3.19. The Morgan fingerprint density at radius 3 is 2.67 bits per heavy atom. The molecule has 0 aliphatic carbocycles. The predicted octanol–water partition coefficient (Wildman–Crippen LogP) is 3.52. The number of likely N-dealkylation sites (tertiary alicyclic amines) is 1. The number of ether oxygens (including phenoxy) is 1. The minimum Gasteiger partial charge on any atom is -0.483 e. The number of halogens is 2. The second-order valence-electron chi connectivity index (χ2n) is 6.34. The first-order valence-electron chi connectivity index (χ1n) is 8.76. The Morgan fingerprint density at radius 2 is 1.93 bits per heavy atom. The molecule has 0 spiro atoms. The van der Waals surface area contributed by atoms with Crippen LogP contribution in [-0.2, 0) is 11.3 Å². The Hall–Kier alpha value is -2.41. The first-order chi connectivity index (χ1) is 13.0. The van der Waals surface area contributed by atoms with E-state index < -0.39 is 0 Å². The van der Waals surface area contributed by atoms with Gasteiger partial charge < -0.3 is 15.0 Å². The van der Waals surface area contributed by atoms with Crippen molar-refractivity contribution in [3.8, 4) is 5.75 Å². The van der Waals surface area contributed by atoms with Crippen molar-refractivity contribution in [2.24, 2.45) is 0 Å². The van der Waals surface area contributed by atoms with Crippen LogP contribution < -0.4 is 10.1 Å². The van der Waals surface area contributed by atoms with Crippen LogP contribution in [0.25, 0.3) is 0 Å². The summed E-state index contributed by atoms with van der Waals surface area (Å²) in [5, 5.41) is 2.76. The molecule has 0 bridgehead atoms. The summed E-state index contributed by atoms with van der Waals surface area (Å²) in [6, 6.07) is 11.3. The van der Waals surface area contributed by atoms with Gasteiger partial charge in [0.15, 0.2) is 6.61 Å². The maximum atomic E-state index is 13.1. The number of hydrogen-bond donors (Lipinski definition) is 1. The van der Waals surface area contributed by atoms with Crippen LogP contribution in [-0.4, -0.2) is 36.4 Å². The molecule has 1 aliphatic heterocycles. The molecule has 1 fully saturated rings. The summed E-state index contributed by atoms with van der Waals surface area (Å²) in [4.78, 5) is 26.3. The maximum Gasteiger partial charge on any atom is 0.258 e. The van der Waals surface area contributed by atoms with Crippen LogP contribution in [0.2, 0.25) is 0 Å². The van der Waals surface area contributed by atoms with E-state index in [1.54, 1.807) is 12.1 Å². The number of benzene rings is 2. The molecule has 0 aromatic heterocycles. The number of rotatable bonds is 6. The van der Waals surface area contributed by atoms with Gasteiger partial charge in [0.05, 0.1) is 4.47 Å². The van der Waals surface area contributed by atoms with Crippen molar-refractivity contribution in [1.29, 1.82) is 0 Å². The number of carbonyl (C=O) groups excluding carboxylic acids is 2. The van der Waals surface area contributed by atoms with Gasteiger partial charge in [-0.1, -0.05) is 12.1 Å². The van der Waals surface area contributed by atoms with E-state index in [1.807, 2.05) is 17.0 Å². The van der Waals surface area contributed by atoms with Gasteiger partial charge >= 0.3 is 0 Å². The minimum absolute atomic E-state index is 0.0326. The molecule has 0 unspecified atom stereocenters. The first kappa shape index (κ1) is 19.4. The van der Waals surface area contributed by atoms with Crippen LogP contribution in [0.5, 0.6) is 5.75 Å². The molecule has 142 valence electrons. The van der Waals surface area contributed by atoms with Crippen LogP contribution in [0.15, 0.2) is 46.9 Å². The van der Waals surface area contributed by atoms with Gasteiger partial charge in [0.25, 0.3) is 11.8 Å². The van der Waals surface area contributed by atoms with Crippen LogP contribution >= 0.6 is 15.9 Å². The Morgan fingerprint density at radius 1 is 1.15 bits per heavy atom. The summed E-state index contributed by atoms with van der Waals surface area (Å²) in [5.74, 6) is -0.264. The third kappa shape index (κ3) is 5.29. The Balaban J connectivity index is 1.51. The second kappa shape index (κ2) is 8.99. The van der Waals surface area contributed by atoms with Gasteiger partial charge in [-0.05, 0) is 64.7 Å². The van der Waals surface area contributed by atoms with Gasteiger partial charge in [0, 0.05) is 25.2 Å². The van der Waals surface area contributed by atoms with E-state index in [-0.39, 0.29) is 24.2 Å². The predicted molar refractivity (Wildman–Crippen MR) is 103 cm³/mol. The molecule has 7 heteroatoms. The molecule has 3 rings (SSSR count). The fourth-order valence-corrected chi connectivity index (χ4v) is 3.37. The van der Waals surface area contributed by atoms with Crippen LogP contribution in [0, 0.1) is 5.82 Å². The monoisotopic (exact) mass is 434 g/mol. The van der Waals surface area contributed by atoms with Crippen LogP contribution in [0.4, 0.5) is 4.39 Å². The lowest BCUT2D eigenvalue weighted by Crippen LogP contribution is -2.29. The summed E-state index contributed by atoms with van der Waals surface area (Å²) in [6.07, 6.45) is 2.09. The molecule has 0 radical (unpaired) electrons. The van der Waals surface area contributed by atoms with Gasteiger partial charge in [0.1, 0.15) is 11.6 Å². The Kier molecular flexibility index (Phi) is 6.45. The van der Waals surface area contributed by atoms with E-state index in [0.717, 1.165) is 31.5 Å². The Labute approximate surface area is 165 Å². The van der Waals surface area contributed by atoms with Crippen molar-refractivity contribution in [3.05, 3.63) is 63.9 Å². The van der Waals surface area contributed by atoms with E-state index in [4.69, 9.17) is 4.74 Å². The highest BCUT2D eigenvalue weighted by atomic mass is 79.9. The molecule has 5 nitrogen and oxygen atoms in total. The SMILES string of the molecule is O=C(COc1ccc(F)cc1Br)NCc1cccc(C(=O)N2CCCC2)c1. The molecule has 1 N–H and O–H groups in total. The van der Waals surface area contributed by atoms with Crippen molar-refractivity contribution in [1.82, 2.24) is 10.2 Å². The van der Waals surface area contributed by atoms with Crippen molar-refractivity contribution in [2.45, 2.75) is 19.4 Å². The van der Waals surface area contributed by atoms with Crippen LogP contribution in [0.1, 0.15) is 28.8 Å². The first-order valence-corrected chi connectivity index (χ1v) is 9.55. The largest absolute Gasteiger partial charge is 0.483 e. The van der Waals surface area contributed by atoms with Gasteiger partial charge in [-0.15, -0.1) is 0 Å². The van der Waals surface area contributed by atoms with E-state index in [0.29, 0.717) is 22.3 Å². The second-order valence-corrected chi connectivity index (χ2v) is 7.19. The molecule has 0 saturated carbocycles. The lowest BCUT2D eigenvalue weighted by atomic mass is 10.1. The van der Waals surface area contributed by atoms with E-state index in [1.165, 1.54) is 18.2 Å². The third-order valence-corrected chi connectivity index (χ3v) is 4.93. The number of nitrogens with zero attached hydrogens (tertiary/aromatic N) is 1. The topological polar surface area (TPSA) is 58.6 Å². The van der Waals surface area contributed by atoms with Crippen LogP contribution in [0.3, 0.4) is 0 Å². The molecule has 1 saturated heterocycles. The average Bonchev–Trinajstić information content (AvgIpc) is 3.20. The molecular weight excluding hydrogens is 415 g/mol. The number of amides is 2. The maximum absolute atomic E-state index is 13.1. The third-order valence-electron chi connectivity index (χ3n) is 4.31. The highest BCUT2D eigenvalue weighted by Gasteiger charge is 2.19. The smallest absolute Gasteiger partial charge is 0.258 e. The number of carbonyl (C=O) groups is 2. The zero-order chi connectivity index (χ0) is 19.2. The molecule has 2 amide bonds. The fraction of sp³-hybridized carbons (Fsp3) is 0.300. The molecule has 1 heterocycles. The zero-order valence-electron chi connectivity index (χ0n) is 14.7. The van der Waals surface area contributed by atoms with Crippen molar-refractivity contribution in [3.63, 3.8) is 0 Å². The van der Waals surface area contributed by atoms with Crippen molar-refractivity contribution >= 4 is 27.7 Å². The van der Waals surface area contributed by atoms with Crippen molar-refractivity contribution in [2.75, 3.05) is 19.7 Å². The molecule has 27 heavy (non-hydrogen) atoms. The van der Waals surface area contributed by atoms with E-state index >= 15 is 0 Å². The molecule has 2 aromatic carbocycles.